The summed E-state index contributed by atoms with van der Waals surface area (Å²) in [4.78, 5) is 25.3. The van der Waals surface area contributed by atoms with Crippen molar-refractivity contribution in [3.05, 3.63) is 48.6 Å². The minimum Gasteiger partial charge on any atom is -0.461 e. The predicted octanol–water partition coefficient (Wildman–Crippen LogP) is 5.61. The third kappa shape index (κ3) is 10.1. The van der Waals surface area contributed by atoms with E-state index in [2.05, 4.69) is 6.58 Å². The van der Waals surface area contributed by atoms with E-state index in [-0.39, 0.29) is 25.9 Å². The van der Waals surface area contributed by atoms with Crippen LogP contribution in [0.3, 0.4) is 0 Å². The molecule has 7 heteroatoms. The monoisotopic (exact) mass is 414 g/mol. The second kappa shape index (κ2) is 11.0. The molecule has 1 aromatic rings. The van der Waals surface area contributed by atoms with Crippen molar-refractivity contribution in [1.82, 2.24) is 0 Å². The molecule has 0 amide bonds. The maximum absolute atomic E-state index is 12.7. The number of carbonyl (C=O) groups excluding carboxylic acids is 2. The van der Waals surface area contributed by atoms with Gasteiger partial charge in [-0.15, -0.1) is 6.58 Å². The first-order valence-corrected chi connectivity index (χ1v) is 9.54. The van der Waals surface area contributed by atoms with E-state index in [0.29, 0.717) is 0 Å². The Morgan fingerprint density at radius 2 is 1.69 bits per heavy atom. The molecule has 2 atom stereocenters. The van der Waals surface area contributed by atoms with Gasteiger partial charge in [0.2, 0.25) is 0 Å². The standard InChI is InChI=1S/C22H29F3O4/c1-5-10-17(20(27)29-21(2,3)4)18(13-9-14-22(23,24)25)19(26)28-15-16-11-7-6-8-12-16/h5-8,11-12,17-18H,1,9-10,13-15H2,2-4H3. The number of rotatable bonds is 10. The summed E-state index contributed by atoms with van der Waals surface area (Å²) in [7, 11) is 0. The van der Waals surface area contributed by atoms with Crippen molar-refractivity contribution in [1.29, 1.82) is 0 Å². The van der Waals surface area contributed by atoms with E-state index >= 15 is 0 Å². The third-order valence-electron chi connectivity index (χ3n) is 4.12. The number of ether oxygens (including phenoxy) is 2. The molecule has 4 nitrogen and oxygen atoms in total. The van der Waals surface area contributed by atoms with E-state index in [0.717, 1.165) is 5.56 Å². The number of alkyl halides is 3. The number of esters is 2. The first-order valence-electron chi connectivity index (χ1n) is 9.54. The molecule has 29 heavy (non-hydrogen) atoms. The summed E-state index contributed by atoms with van der Waals surface area (Å²) in [5.74, 6) is -3.36. The number of carbonyl (C=O) groups is 2. The predicted molar refractivity (Wildman–Crippen MR) is 104 cm³/mol. The highest BCUT2D eigenvalue weighted by Gasteiger charge is 2.37. The Bertz CT molecular complexity index is 663. The summed E-state index contributed by atoms with van der Waals surface area (Å²) in [6.07, 6.45) is -4.24. The van der Waals surface area contributed by atoms with E-state index in [9.17, 15) is 22.8 Å². The lowest BCUT2D eigenvalue weighted by Gasteiger charge is -2.28. The van der Waals surface area contributed by atoms with Gasteiger partial charge in [0.25, 0.3) is 0 Å². The molecular weight excluding hydrogens is 385 g/mol. The fourth-order valence-corrected chi connectivity index (χ4v) is 2.82. The molecule has 0 radical (unpaired) electrons. The Hall–Kier alpha value is -2.31. The van der Waals surface area contributed by atoms with E-state index in [1.807, 2.05) is 6.07 Å². The Balaban J connectivity index is 2.96. The first-order chi connectivity index (χ1) is 13.4. The maximum atomic E-state index is 12.7. The lowest BCUT2D eigenvalue weighted by Crippen LogP contribution is -2.36. The van der Waals surface area contributed by atoms with Crippen molar-refractivity contribution >= 4 is 11.9 Å². The Labute approximate surface area is 170 Å². The van der Waals surface area contributed by atoms with Gasteiger partial charge in [0.05, 0.1) is 11.8 Å². The summed E-state index contributed by atoms with van der Waals surface area (Å²) in [5, 5.41) is 0. The molecule has 2 unspecified atom stereocenters. The van der Waals surface area contributed by atoms with Gasteiger partial charge in [-0.05, 0) is 45.6 Å². The quantitative estimate of drug-likeness (QED) is 0.369. The van der Waals surface area contributed by atoms with Gasteiger partial charge >= 0.3 is 18.1 Å². The molecule has 0 aliphatic heterocycles. The molecule has 0 saturated heterocycles. The van der Waals surface area contributed by atoms with Gasteiger partial charge in [-0.25, -0.2) is 0 Å². The number of halogens is 3. The Kier molecular flexibility index (Phi) is 9.40. The average Bonchev–Trinajstić information content (AvgIpc) is 2.60. The van der Waals surface area contributed by atoms with Crippen LogP contribution in [-0.4, -0.2) is 23.7 Å². The number of allylic oxidation sites excluding steroid dienone is 1. The second-order valence-corrected chi connectivity index (χ2v) is 7.87. The molecule has 0 aliphatic rings. The van der Waals surface area contributed by atoms with Crippen LogP contribution < -0.4 is 0 Å². The van der Waals surface area contributed by atoms with Crippen LogP contribution in [0.25, 0.3) is 0 Å². The van der Waals surface area contributed by atoms with Crippen LogP contribution in [-0.2, 0) is 25.7 Å². The molecule has 162 valence electrons. The molecule has 0 saturated carbocycles. The Morgan fingerprint density at radius 1 is 1.07 bits per heavy atom. The summed E-state index contributed by atoms with van der Waals surface area (Å²) in [6.45, 7) is 8.62. The van der Waals surface area contributed by atoms with Crippen LogP contribution in [0.2, 0.25) is 0 Å². The van der Waals surface area contributed by atoms with Crippen molar-refractivity contribution < 1.29 is 32.2 Å². The van der Waals surface area contributed by atoms with Gasteiger partial charge < -0.3 is 9.47 Å². The van der Waals surface area contributed by atoms with E-state index < -0.39 is 42.0 Å². The zero-order chi connectivity index (χ0) is 22.1. The topological polar surface area (TPSA) is 52.6 Å². The molecular formula is C22H29F3O4. The molecule has 1 rings (SSSR count). The highest BCUT2D eigenvalue weighted by Crippen LogP contribution is 2.30. The molecule has 0 N–H and O–H groups in total. The first kappa shape index (κ1) is 24.7. The van der Waals surface area contributed by atoms with Crippen LogP contribution in [0.5, 0.6) is 0 Å². The highest BCUT2D eigenvalue weighted by molar-refractivity contribution is 5.82. The highest BCUT2D eigenvalue weighted by atomic mass is 19.4. The van der Waals surface area contributed by atoms with Gasteiger partial charge in [-0.3, -0.25) is 9.59 Å². The summed E-state index contributed by atoms with van der Waals surface area (Å²) in [6, 6.07) is 8.91. The van der Waals surface area contributed by atoms with Gasteiger partial charge in [0.1, 0.15) is 12.2 Å². The number of benzene rings is 1. The van der Waals surface area contributed by atoms with Crippen LogP contribution in [0.4, 0.5) is 13.2 Å². The molecule has 0 aliphatic carbocycles. The van der Waals surface area contributed by atoms with Crippen LogP contribution >= 0.6 is 0 Å². The van der Waals surface area contributed by atoms with Crippen molar-refractivity contribution in [2.24, 2.45) is 11.8 Å². The van der Waals surface area contributed by atoms with Crippen molar-refractivity contribution in [3.8, 4) is 0 Å². The SMILES string of the molecule is C=CCC(C(=O)OC(C)(C)C)C(CCCC(F)(F)F)C(=O)OCc1ccccc1. The maximum Gasteiger partial charge on any atom is 0.389 e. The van der Waals surface area contributed by atoms with Gasteiger partial charge in [-0.2, -0.15) is 13.2 Å². The average molecular weight is 414 g/mol. The zero-order valence-corrected chi connectivity index (χ0v) is 17.1. The molecule has 0 fully saturated rings. The summed E-state index contributed by atoms with van der Waals surface area (Å²) in [5.41, 5.74) is -0.0477. The van der Waals surface area contributed by atoms with Gasteiger partial charge in [0.15, 0.2) is 0 Å². The van der Waals surface area contributed by atoms with E-state index in [1.165, 1.54) is 6.08 Å². The molecule has 0 bridgehead atoms. The largest absolute Gasteiger partial charge is 0.461 e. The molecule has 0 spiro atoms. The van der Waals surface area contributed by atoms with Crippen molar-refractivity contribution in [2.45, 2.75) is 64.8 Å². The molecule has 0 heterocycles. The summed E-state index contributed by atoms with van der Waals surface area (Å²) >= 11 is 0. The fraction of sp³-hybridized carbons (Fsp3) is 0.545. The van der Waals surface area contributed by atoms with Crippen molar-refractivity contribution in [2.75, 3.05) is 0 Å². The molecule has 0 aromatic heterocycles. The van der Waals surface area contributed by atoms with Crippen LogP contribution in [0.1, 0.15) is 52.0 Å². The third-order valence-corrected chi connectivity index (χ3v) is 4.12. The van der Waals surface area contributed by atoms with Crippen LogP contribution in [0.15, 0.2) is 43.0 Å². The van der Waals surface area contributed by atoms with Crippen molar-refractivity contribution in [3.63, 3.8) is 0 Å². The van der Waals surface area contributed by atoms with E-state index in [4.69, 9.17) is 9.47 Å². The fourth-order valence-electron chi connectivity index (χ4n) is 2.82. The number of hydrogen-bond donors (Lipinski definition) is 0. The van der Waals surface area contributed by atoms with E-state index in [1.54, 1.807) is 45.0 Å². The normalized spacial score (nSPS) is 14.0. The lowest BCUT2D eigenvalue weighted by molar-refractivity contribution is -0.169. The Morgan fingerprint density at radius 3 is 2.21 bits per heavy atom. The second-order valence-electron chi connectivity index (χ2n) is 7.87. The minimum atomic E-state index is -4.33. The summed E-state index contributed by atoms with van der Waals surface area (Å²) < 4.78 is 48.4. The number of hydrogen-bond acceptors (Lipinski definition) is 4. The minimum absolute atomic E-state index is 0.0232. The van der Waals surface area contributed by atoms with Gasteiger partial charge in [0, 0.05) is 6.42 Å². The molecule has 1 aromatic carbocycles. The lowest BCUT2D eigenvalue weighted by atomic mass is 9.85. The smallest absolute Gasteiger partial charge is 0.389 e. The van der Waals surface area contributed by atoms with Crippen LogP contribution in [0, 0.1) is 11.8 Å². The van der Waals surface area contributed by atoms with Gasteiger partial charge in [-0.1, -0.05) is 36.4 Å². The zero-order valence-electron chi connectivity index (χ0n) is 17.1.